The number of aromatic nitrogens is 4. The number of rotatable bonds is 3. The van der Waals surface area contributed by atoms with Crippen LogP contribution < -0.4 is 4.72 Å². The maximum absolute atomic E-state index is 12.2. The Bertz CT molecular complexity index is 858. The summed E-state index contributed by atoms with van der Waals surface area (Å²) in [6.45, 7) is 0. The third-order valence-electron chi connectivity index (χ3n) is 2.80. The zero-order valence-electron chi connectivity index (χ0n) is 10.6. The molecule has 2 aromatic heterocycles. The van der Waals surface area contributed by atoms with Crippen LogP contribution in [0.25, 0.3) is 11.0 Å². The molecule has 102 valence electrons. The van der Waals surface area contributed by atoms with E-state index < -0.39 is 10.0 Å². The minimum Gasteiger partial charge on any atom is -0.334 e. The zero-order chi connectivity index (χ0) is 14.2. The lowest BCUT2D eigenvalue weighted by Crippen LogP contribution is -2.14. The molecule has 0 bridgehead atoms. The normalized spacial score (nSPS) is 11.7. The monoisotopic (exact) mass is 289 g/mol. The van der Waals surface area contributed by atoms with Gasteiger partial charge in [0.05, 0.1) is 22.3 Å². The van der Waals surface area contributed by atoms with Gasteiger partial charge < -0.3 is 4.57 Å². The highest BCUT2D eigenvalue weighted by molar-refractivity contribution is 7.92. The van der Waals surface area contributed by atoms with Crippen LogP contribution in [0.5, 0.6) is 0 Å². The highest BCUT2D eigenvalue weighted by Gasteiger charge is 2.16. The standard InChI is InChI=1S/C12H11N5O2S/c1-17-8-15-10-7-9(3-4-11(10)17)20(18,19)16-12-13-5-2-6-14-12/h2-8H,1H3,(H,13,14,16). The predicted octanol–water partition coefficient (Wildman–Crippen LogP) is 1.16. The molecular weight excluding hydrogens is 278 g/mol. The third kappa shape index (κ3) is 2.21. The quantitative estimate of drug-likeness (QED) is 0.781. The fraction of sp³-hybridized carbons (Fsp3) is 0.0833. The predicted molar refractivity (Wildman–Crippen MR) is 73.6 cm³/mol. The fourth-order valence-electron chi connectivity index (χ4n) is 1.81. The molecule has 0 aliphatic carbocycles. The fourth-order valence-corrected chi connectivity index (χ4v) is 2.79. The minimum atomic E-state index is -3.72. The lowest BCUT2D eigenvalue weighted by molar-refractivity contribution is 0.601. The number of nitrogens with one attached hydrogen (secondary N) is 1. The summed E-state index contributed by atoms with van der Waals surface area (Å²) in [5, 5.41) is 0. The van der Waals surface area contributed by atoms with E-state index >= 15 is 0 Å². The maximum Gasteiger partial charge on any atom is 0.264 e. The van der Waals surface area contributed by atoms with Crippen molar-refractivity contribution in [3.63, 3.8) is 0 Å². The second-order valence-corrected chi connectivity index (χ2v) is 5.87. The van der Waals surface area contributed by atoms with Gasteiger partial charge in [0.2, 0.25) is 5.95 Å². The van der Waals surface area contributed by atoms with Crippen molar-refractivity contribution in [3.05, 3.63) is 43.0 Å². The molecule has 3 aromatic rings. The van der Waals surface area contributed by atoms with Crippen molar-refractivity contribution in [2.45, 2.75) is 4.90 Å². The van der Waals surface area contributed by atoms with Crippen LogP contribution in [0.1, 0.15) is 0 Å². The molecule has 0 saturated heterocycles. The van der Waals surface area contributed by atoms with E-state index in [1.807, 2.05) is 11.6 Å². The Kier molecular flexibility index (Phi) is 2.87. The molecule has 2 heterocycles. The van der Waals surface area contributed by atoms with Crippen molar-refractivity contribution in [2.24, 2.45) is 7.05 Å². The topological polar surface area (TPSA) is 89.8 Å². The van der Waals surface area contributed by atoms with Crippen LogP contribution in [0.15, 0.2) is 47.9 Å². The van der Waals surface area contributed by atoms with Crippen LogP contribution in [-0.4, -0.2) is 27.9 Å². The Morgan fingerprint density at radius 3 is 2.65 bits per heavy atom. The molecule has 0 radical (unpaired) electrons. The van der Waals surface area contributed by atoms with E-state index in [2.05, 4.69) is 19.7 Å². The number of benzene rings is 1. The van der Waals surface area contributed by atoms with Gasteiger partial charge in [-0.25, -0.2) is 28.1 Å². The third-order valence-corrected chi connectivity index (χ3v) is 4.12. The Hall–Kier alpha value is -2.48. The molecule has 3 rings (SSSR count). The molecule has 0 amide bonds. The van der Waals surface area contributed by atoms with Crippen molar-refractivity contribution in [1.29, 1.82) is 0 Å². The molecular formula is C12H11N5O2S. The summed E-state index contributed by atoms with van der Waals surface area (Å²) in [6, 6.07) is 6.36. The van der Waals surface area contributed by atoms with Gasteiger partial charge in [0.25, 0.3) is 10.0 Å². The first kappa shape index (κ1) is 12.5. The van der Waals surface area contributed by atoms with Gasteiger partial charge in [0.1, 0.15) is 0 Å². The average Bonchev–Trinajstić information content (AvgIpc) is 2.81. The first-order chi connectivity index (χ1) is 9.56. The van der Waals surface area contributed by atoms with E-state index in [1.165, 1.54) is 24.5 Å². The van der Waals surface area contributed by atoms with Crippen molar-refractivity contribution in [2.75, 3.05) is 4.72 Å². The van der Waals surface area contributed by atoms with E-state index in [9.17, 15) is 8.42 Å². The molecule has 7 nitrogen and oxygen atoms in total. The van der Waals surface area contributed by atoms with Crippen molar-refractivity contribution < 1.29 is 8.42 Å². The Labute approximate surface area is 115 Å². The van der Waals surface area contributed by atoms with E-state index in [4.69, 9.17) is 0 Å². The molecule has 8 heteroatoms. The molecule has 0 spiro atoms. The van der Waals surface area contributed by atoms with Crippen molar-refractivity contribution in [3.8, 4) is 0 Å². The Balaban J connectivity index is 2.00. The van der Waals surface area contributed by atoms with Gasteiger partial charge in [-0.05, 0) is 24.3 Å². The maximum atomic E-state index is 12.2. The SMILES string of the molecule is Cn1cnc2cc(S(=O)(=O)Nc3ncccn3)ccc21. The largest absolute Gasteiger partial charge is 0.334 e. The number of imidazole rings is 1. The smallest absolute Gasteiger partial charge is 0.264 e. The molecule has 20 heavy (non-hydrogen) atoms. The molecule has 0 aliphatic rings. The van der Waals surface area contributed by atoms with E-state index in [0.717, 1.165) is 5.52 Å². The number of anilines is 1. The molecule has 0 atom stereocenters. The Morgan fingerprint density at radius 2 is 1.90 bits per heavy atom. The summed E-state index contributed by atoms with van der Waals surface area (Å²) < 4.78 is 28.6. The van der Waals surface area contributed by atoms with Crippen molar-refractivity contribution >= 4 is 27.0 Å². The molecule has 1 N–H and O–H groups in total. The van der Waals surface area contributed by atoms with E-state index in [0.29, 0.717) is 5.52 Å². The molecule has 1 aromatic carbocycles. The van der Waals surface area contributed by atoms with Crippen LogP contribution in [0.2, 0.25) is 0 Å². The van der Waals surface area contributed by atoms with Gasteiger partial charge in [-0.2, -0.15) is 0 Å². The molecule has 0 saturated carbocycles. The number of hydrogen-bond acceptors (Lipinski definition) is 5. The van der Waals surface area contributed by atoms with Gasteiger partial charge in [-0.1, -0.05) is 0 Å². The summed E-state index contributed by atoms with van der Waals surface area (Å²) in [5.74, 6) is 0.0358. The summed E-state index contributed by atoms with van der Waals surface area (Å²) in [5.41, 5.74) is 1.48. The van der Waals surface area contributed by atoms with E-state index in [-0.39, 0.29) is 10.8 Å². The van der Waals surface area contributed by atoms with Gasteiger partial charge in [0, 0.05) is 19.4 Å². The number of hydrogen-bond donors (Lipinski definition) is 1. The average molecular weight is 289 g/mol. The summed E-state index contributed by atoms with van der Waals surface area (Å²) >= 11 is 0. The van der Waals surface area contributed by atoms with Crippen LogP contribution in [0, 0.1) is 0 Å². The summed E-state index contributed by atoms with van der Waals surface area (Å²) in [4.78, 5) is 11.9. The van der Waals surface area contributed by atoms with Gasteiger partial charge in [-0.15, -0.1) is 0 Å². The number of sulfonamides is 1. The number of aryl methyl sites for hydroxylation is 1. The summed E-state index contributed by atoms with van der Waals surface area (Å²) in [6.07, 6.45) is 4.56. The second kappa shape index (κ2) is 4.57. The Morgan fingerprint density at radius 1 is 1.15 bits per heavy atom. The van der Waals surface area contributed by atoms with Gasteiger partial charge >= 0.3 is 0 Å². The lowest BCUT2D eigenvalue weighted by atomic mass is 10.3. The van der Waals surface area contributed by atoms with Crippen molar-refractivity contribution in [1.82, 2.24) is 19.5 Å². The number of nitrogens with zero attached hydrogens (tertiary/aromatic N) is 4. The van der Waals surface area contributed by atoms with E-state index in [1.54, 1.807) is 18.5 Å². The molecule has 0 aliphatic heterocycles. The highest BCUT2D eigenvalue weighted by atomic mass is 32.2. The lowest BCUT2D eigenvalue weighted by Gasteiger charge is -2.06. The van der Waals surface area contributed by atoms with Crippen LogP contribution >= 0.6 is 0 Å². The zero-order valence-corrected chi connectivity index (χ0v) is 11.4. The van der Waals surface area contributed by atoms with Crippen LogP contribution in [0.4, 0.5) is 5.95 Å². The van der Waals surface area contributed by atoms with Gasteiger partial charge in [0.15, 0.2) is 0 Å². The molecule has 0 fully saturated rings. The minimum absolute atomic E-state index is 0.0358. The second-order valence-electron chi connectivity index (χ2n) is 4.18. The van der Waals surface area contributed by atoms with Crippen LogP contribution in [-0.2, 0) is 17.1 Å². The van der Waals surface area contributed by atoms with Crippen LogP contribution in [0.3, 0.4) is 0 Å². The number of fused-ring (bicyclic) bond motifs is 1. The highest BCUT2D eigenvalue weighted by Crippen LogP contribution is 2.19. The van der Waals surface area contributed by atoms with Gasteiger partial charge in [-0.3, -0.25) is 0 Å². The summed E-state index contributed by atoms with van der Waals surface area (Å²) in [7, 11) is -1.87. The first-order valence-electron chi connectivity index (χ1n) is 5.77. The first-order valence-corrected chi connectivity index (χ1v) is 7.25. The molecule has 0 unspecified atom stereocenters.